The number of aromatic hydroxyl groups is 1. The number of aromatic amines is 1. The number of benzene rings is 3. The Hall–Kier alpha value is -4.70. The molecule has 0 aliphatic heterocycles. The van der Waals surface area contributed by atoms with E-state index in [2.05, 4.69) is 20.0 Å². The number of hydrogen-bond acceptors (Lipinski definition) is 7. The van der Waals surface area contributed by atoms with Crippen molar-refractivity contribution in [1.29, 1.82) is 0 Å². The van der Waals surface area contributed by atoms with Crippen molar-refractivity contribution in [2.24, 2.45) is 0 Å². The second-order valence-corrected chi connectivity index (χ2v) is 9.14. The maximum Gasteiger partial charge on any atom is 0.357 e. The van der Waals surface area contributed by atoms with Gasteiger partial charge in [0.2, 0.25) is 11.8 Å². The number of fused-ring (bicyclic) bond motifs is 1. The van der Waals surface area contributed by atoms with Crippen LogP contribution in [0.15, 0.2) is 83.0 Å². The van der Waals surface area contributed by atoms with E-state index in [-0.39, 0.29) is 28.8 Å². The number of hydrogen-bond donors (Lipinski definition) is 3. The van der Waals surface area contributed by atoms with Crippen LogP contribution >= 0.6 is 11.3 Å². The number of aromatic nitrogens is 3. The molecule has 0 aliphatic rings. The SMILES string of the molecule is COC(=O)c1csc(NC(=O)[C@H](Cc2ccccc2)n2c(O)c(-c3ccc4ccccc4c3)[nH]c2=O)n1. The van der Waals surface area contributed by atoms with E-state index >= 15 is 0 Å². The van der Waals surface area contributed by atoms with Gasteiger partial charge in [0.25, 0.3) is 0 Å². The third-order valence-corrected chi connectivity index (χ3v) is 6.71. The number of rotatable bonds is 7. The van der Waals surface area contributed by atoms with Crippen molar-refractivity contribution < 1.29 is 19.4 Å². The second-order valence-electron chi connectivity index (χ2n) is 8.28. The fourth-order valence-corrected chi connectivity index (χ4v) is 4.81. The number of amides is 1. The molecule has 2 aromatic heterocycles. The summed E-state index contributed by atoms with van der Waals surface area (Å²) in [6.45, 7) is 0. The molecule has 0 saturated heterocycles. The van der Waals surface area contributed by atoms with E-state index in [0.29, 0.717) is 5.56 Å². The topological polar surface area (TPSA) is 126 Å². The second kappa shape index (κ2) is 10.1. The molecule has 5 rings (SSSR count). The van der Waals surface area contributed by atoms with Gasteiger partial charge in [-0.25, -0.2) is 19.1 Å². The van der Waals surface area contributed by atoms with Gasteiger partial charge in [0, 0.05) is 17.4 Å². The molecular formula is C27H22N4O5S. The number of nitrogens with zero attached hydrogens (tertiary/aromatic N) is 2. The van der Waals surface area contributed by atoms with Crippen LogP contribution in [0.2, 0.25) is 0 Å². The molecule has 0 radical (unpaired) electrons. The van der Waals surface area contributed by atoms with Gasteiger partial charge in [-0.1, -0.05) is 66.7 Å². The van der Waals surface area contributed by atoms with Gasteiger partial charge in [0.15, 0.2) is 10.8 Å². The van der Waals surface area contributed by atoms with Crippen LogP contribution in [-0.4, -0.2) is 38.6 Å². The smallest absolute Gasteiger partial charge is 0.357 e. The summed E-state index contributed by atoms with van der Waals surface area (Å²) in [5.74, 6) is -1.56. The van der Waals surface area contributed by atoms with Crippen LogP contribution in [-0.2, 0) is 16.0 Å². The minimum absolute atomic E-state index is 0.0580. The highest BCUT2D eigenvalue weighted by molar-refractivity contribution is 7.14. The van der Waals surface area contributed by atoms with Crippen molar-refractivity contribution in [3.8, 4) is 17.1 Å². The van der Waals surface area contributed by atoms with E-state index in [4.69, 9.17) is 0 Å². The lowest BCUT2D eigenvalue weighted by Crippen LogP contribution is -2.33. The Morgan fingerprint density at radius 2 is 1.81 bits per heavy atom. The molecule has 0 spiro atoms. The van der Waals surface area contributed by atoms with Crippen molar-refractivity contribution in [2.45, 2.75) is 12.5 Å². The third kappa shape index (κ3) is 4.87. The zero-order valence-electron chi connectivity index (χ0n) is 19.7. The standard InChI is InChI=1S/C27H22N4O5S/c1-36-25(34)20-15-37-26(28-20)30-23(32)21(13-16-7-3-2-4-8-16)31-24(33)22(29-27(31)35)19-12-11-17-9-5-6-10-18(17)14-19/h2-12,14-15,21,33H,13H2,1H3,(H,29,35)(H,28,30,32)/t21-/m0/s1. The van der Waals surface area contributed by atoms with Gasteiger partial charge < -0.3 is 20.1 Å². The number of nitrogens with one attached hydrogen (secondary N) is 2. The minimum atomic E-state index is -1.11. The fraction of sp³-hybridized carbons (Fsp3) is 0.111. The number of imidazole rings is 1. The minimum Gasteiger partial charge on any atom is -0.493 e. The predicted molar refractivity (Wildman–Crippen MR) is 141 cm³/mol. The maximum absolute atomic E-state index is 13.4. The van der Waals surface area contributed by atoms with Crippen molar-refractivity contribution >= 4 is 39.1 Å². The van der Waals surface area contributed by atoms with E-state index in [1.165, 1.54) is 12.5 Å². The zero-order chi connectivity index (χ0) is 25.9. The molecule has 0 fully saturated rings. The van der Waals surface area contributed by atoms with Crippen molar-refractivity contribution in [3.05, 3.63) is 99.9 Å². The van der Waals surface area contributed by atoms with Gasteiger partial charge >= 0.3 is 11.7 Å². The van der Waals surface area contributed by atoms with Crippen LogP contribution in [0, 0.1) is 0 Å². The average molecular weight is 515 g/mol. The third-order valence-electron chi connectivity index (χ3n) is 5.96. The number of methoxy groups -OCH3 is 1. The fourth-order valence-electron chi connectivity index (χ4n) is 4.13. The largest absolute Gasteiger partial charge is 0.493 e. The van der Waals surface area contributed by atoms with Gasteiger partial charge in [-0.3, -0.25) is 4.79 Å². The molecule has 0 unspecified atom stereocenters. The summed E-state index contributed by atoms with van der Waals surface area (Å²) in [5, 5.41) is 17.4. The number of H-pyrrole nitrogens is 1. The van der Waals surface area contributed by atoms with Gasteiger partial charge in [0.05, 0.1) is 7.11 Å². The molecule has 10 heteroatoms. The van der Waals surface area contributed by atoms with Gasteiger partial charge in [-0.2, -0.15) is 0 Å². The number of carbonyl (C=O) groups excluding carboxylic acids is 2. The Morgan fingerprint density at radius 1 is 1.08 bits per heavy atom. The molecule has 5 aromatic rings. The summed E-state index contributed by atoms with van der Waals surface area (Å²) in [6.07, 6.45) is 0.129. The van der Waals surface area contributed by atoms with Crippen LogP contribution in [0.3, 0.4) is 0 Å². The first-order valence-corrected chi connectivity index (χ1v) is 12.2. The van der Waals surface area contributed by atoms with Crippen LogP contribution in [0.5, 0.6) is 5.88 Å². The van der Waals surface area contributed by atoms with Crippen LogP contribution in [0.25, 0.3) is 22.0 Å². The molecule has 186 valence electrons. The van der Waals surface area contributed by atoms with Crippen molar-refractivity contribution in [3.63, 3.8) is 0 Å². The highest BCUT2D eigenvalue weighted by Crippen LogP contribution is 2.32. The first kappa shape index (κ1) is 24.0. The Kier molecular flexibility index (Phi) is 6.57. The molecule has 1 amide bonds. The first-order chi connectivity index (χ1) is 17.9. The van der Waals surface area contributed by atoms with E-state index in [0.717, 1.165) is 32.2 Å². The molecule has 1 atom stereocenters. The zero-order valence-corrected chi connectivity index (χ0v) is 20.5. The number of thiazole rings is 1. The summed E-state index contributed by atoms with van der Waals surface area (Å²) < 4.78 is 5.71. The van der Waals surface area contributed by atoms with E-state index in [1.807, 2.05) is 66.7 Å². The molecule has 3 N–H and O–H groups in total. The van der Waals surface area contributed by atoms with Gasteiger partial charge in [0.1, 0.15) is 11.7 Å². The van der Waals surface area contributed by atoms with E-state index < -0.39 is 23.6 Å². The normalized spacial score (nSPS) is 11.8. The number of carbonyl (C=O) groups is 2. The summed E-state index contributed by atoms with van der Waals surface area (Å²) in [4.78, 5) is 45.1. The van der Waals surface area contributed by atoms with E-state index in [9.17, 15) is 19.5 Å². The van der Waals surface area contributed by atoms with E-state index in [1.54, 1.807) is 6.07 Å². The highest BCUT2D eigenvalue weighted by Gasteiger charge is 2.29. The summed E-state index contributed by atoms with van der Waals surface area (Å²) in [7, 11) is 1.24. The summed E-state index contributed by atoms with van der Waals surface area (Å²) in [6, 6.07) is 21.4. The summed E-state index contributed by atoms with van der Waals surface area (Å²) >= 11 is 1.05. The van der Waals surface area contributed by atoms with Gasteiger partial charge in [-0.15, -0.1) is 11.3 Å². The van der Waals surface area contributed by atoms with Gasteiger partial charge in [-0.05, 0) is 22.4 Å². The maximum atomic E-state index is 13.4. The van der Waals surface area contributed by atoms with Crippen LogP contribution in [0.4, 0.5) is 5.13 Å². The Morgan fingerprint density at radius 3 is 2.57 bits per heavy atom. The molecule has 37 heavy (non-hydrogen) atoms. The molecule has 0 saturated carbocycles. The predicted octanol–water partition coefficient (Wildman–Crippen LogP) is 4.37. The molecule has 2 heterocycles. The molecule has 0 bridgehead atoms. The van der Waals surface area contributed by atoms with Crippen molar-refractivity contribution in [1.82, 2.24) is 14.5 Å². The monoisotopic (exact) mass is 514 g/mol. The van der Waals surface area contributed by atoms with Crippen molar-refractivity contribution in [2.75, 3.05) is 12.4 Å². The number of ether oxygens (including phenoxy) is 1. The van der Waals surface area contributed by atoms with Crippen LogP contribution in [0.1, 0.15) is 22.1 Å². The molecule has 9 nitrogen and oxygen atoms in total. The lowest BCUT2D eigenvalue weighted by Gasteiger charge is -2.18. The number of anilines is 1. The lowest BCUT2D eigenvalue weighted by molar-refractivity contribution is -0.119. The Balaban J connectivity index is 1.53. The first-order valence-electron chi connectivity index (χ1n) is 11.4. The Bertz CT molecular complexity index is 1650. The Labute approximate surface area is 215 Å². The highest BCUT2D eigenvalue weighted by atomic mass is 32.1. The molecule has 0 aliphatic carbocycles. The summed E-state index contributed by atoms with van der Waals surface area (Å²) in [5.41, 5.74) is 1.03. The molecule has 3 aromatic carbocycles. The average Bonchev–Trinajstić information content (AvgIpc) is 3.50. The van der Waals surface area contributed by atoms with Crippen LogP contribution < -0.4 is 11.0 Å². The molecular weight excluding hydrogens is 492 g/mol. The lowest BCUT2D eigenvalue weighted by atomic mass is 10.0. The quantitative estimate of drug-likeness (QED) is 0.277. The number of esters is 1.